The summed E-state index contributed by atoms with van der Waals surface area (Å²) < 4.78 is 12.8. The third kappa shape index (κ3) is 4.53. The van der Waals surface area contributed by atoms with Crippen molar-refractivity contribution in [2.75, 3.05) is 51.3 Å². The maximum Gasteiger partial charge on any atom is 0.293 e. The average molecular weight is 322 g/mol. The molecule has 1 aromatic rings. The smallest absolute Gasteiger partial charge is 0.293 e. The van der Waals surface area contributed by atoms with Crippen LogP contribution in [0.3, 0.4) is 0 Å². The lowest BCUT2D eigenvalue weighted by atomic mass is 9.99. The van der Waals surface area contributed by atoms with Crippen LogP contribution >= 0.6 is 0 Å². The lowest BCUT2D eigenvalue weighted by Gasteiger charge is -2.36. The minimum absolute atomic E-state index is 0.0929. The summed E-state index contributed by atoms with van der Waals surface area (Å²) in [6, 6.07) is 0. The zero-order valence-corrected chi connectivity index (χ0v) is 13.7. The molecule has 3 heterocycles. The van der Waals surface area contributed by atoms with Crippen molar-refractivity contribution in [3.05, 3.63) is 22.7 Å². The Morgan fingerprint density at radius 1 is 1.35 bits per heavy atom. The quantitative estimate of drug-likeness (QED) is 0.842. The van der Waals surface area contributed by atoms with E-state index in [1.165, 1.54) is 4.57 Å². The maximum absolute atomic E-state index is 11.9. The molecule has 3 rings (SSSR count). The minimum atomic E-state index is -0.109. The van der Waals surface area contributed by atoms with Gasteiger partial charge in [-0.2, -0.15) is 0 Å². The van der Waals surface area contributed by atoms with E-state index in [2.05, 4.69) is 15.2 Å². The molecule has 0 aromatic carbocycles. The van der Waals surface area contributed by atoms with Crippen LogP contribution in [0.15, 0.2) is 17.2 Å². The molecule has 2 fully saturated rings. The second kappa shape index (κ2) is 7.90. The Balaban J connectivity index is 1.48. The van der Waals surface area contributed by atoms with E-state index in [4.69, 9.17) is 9.47 Å². The Kier molecular flexibility index (Phi) is 5.64. The van der Waals surface area contributed by atoms with Gasteiger partial charge in [0.15, 0.2) is 5.82 Å². The summed E-state index contributed by atoms with van der Waals surface area (Å²) in [6.07, 6.45) is 5.69. The van der Waals surface area contributed by atoms with E-state index in [9.17, 15) is 4.79 Å². The number of anilines is 1. The highest BCUT2D eigenvalue weighted by molar-refractivity contribution is 5.30. The molecule has 0 bridgehead atoms. The van der Waals surface area contributed by atoms with E-state index in [0.717, 1.165) is 58.2 Å². The van der Waals surface area contributed by atoms with Gasteiger partial charge in [0.05, 0.1) is 12.7 Å². The number of nitrogens with one attached hydrogen (secondary N) is 1. The van der Waals surface area contributed by atoms with Gasteiger partial charge in [0.2, 0.25) is 0 Å². The monoisotopic (exact) mass is 322 g/mol. The summed E-state index contributed by atoms with van der Waals surface area (Å²) in [7, 11) is 1.72. The van der Waals surface area contributed by atoms with Crippen molar-refractivity contribution < 1.29 is 9.47 Å². The van der Waals surface area contributed by atoms with Crippen LogP contribution in [0.1, 0.15) is 12.8 Å². The van der Waals surface area contributed by atoms with Crippen LogP contribution in [0, 0.1) is 5.92 Å². The summed E-state index contributed by atoms with van der Waals surface area (Å²) in [5, 5.41) is 3.13. The molecule has 0 spiro atoms. The first-order chi connectivity index (χ1) is 11.2. The van der Waals surface area contributed by atoms with Gasteiger partial charge in [-0.25, -0.2) is 4.98 Å². The molecule has 1 atom stereocenters. The lowest BCUT2D eigenvalue weighted by molar-refractivity contribution is -0.0333. The van der Waals surface area contributed by atoms with Crippen molar-refractivity contribution in [2.24, 2.45) is 13.0 Å². The van der Waals surface area contributed by atoms with E-state index in [0.29, 0.717) is 12.4 Å². The van der Waals surface area contributed by atoms with Crippen molar-refractivity contribution in [1.82, 2.24) is 14.5 Å². The Labute approximate surface area is 136 Å². The molecule has 128 valence electrons. The van der Waals surface area contributed by atoms with Crippen LogP contribution in [0.4, 0.5) is 5.82 Å². The molecule has 23 heavy (non-hydrogen) atoms. The van der Waals surface area contributed by atoms with E-state index in [1.54, 1.807) is 19.4 Å². The van der Waals surface area contributed by atoms with Crippen LogP contribution in [-0.2, 0) is 16.5 Å². The predicted octanol–water partition coefficient (Wildman–Crippen LogP) is 0.320. The molecule has 1 aromatic heterocycles. The molecule has 2 saturated heterocycles. The second-order valence-electron chi connectivity index (χ2n) is 6.38. The number of hydrogen-bond acceptors (Lipinski definition) is 6. The molecule has 7 heteroatoms. The standard InChI is InChI=1S/C16H26N4O3/c1-19-5-4-17-15(16(19)21)18-10-14-12-20(6-9-23-14)11-13-2-7-22-8-3-13/h4-5,13-14H,2-3,6-12H2,1H3,(H,17,18)/t14-/m1/s1. The predicted molar refractivity (Wildman–Crippen MR) is 87.7 cm³/mol. The summed E-state index contributed by atoms with van der Waals surface area (Å²) in [6.45, 7) is 6.14. The molecule has 0 radical (unpaired) electrons. The van der Waals surface area contributed by atoms with Crippen LogP contribution in [0.5, 0.6) is 0 Å². The van der Waals surface area contributed by atoms with Gasteiger partial charge < -0.3 is 19.4 Å². The highest BCUT2D eigenvalue weighted by Gasteiger charge is 2.24. The number of rotatable bonds is 5. The third-order valence-electron chi connectivity index (χ3n) is 4.59. The van der Waals surface area contributed by atoms with E-state index < -0.39 is 0 Å². The fourth-order valence-electron chi connectivity index (χ4n) is 3.19. The van der Waals surface area contributed by atoms with Crippen LogP contribution in [0.2, 0.25) is 0 Å². The molecule has 0 unspecified atom stereocenters. The van der Waals surface area contributed by atoms with Gasteiger partial charge in [-0.3, -0.25) is 9.69 Å². The highest BCUT2D eigenvalue weighted by Crippen LogP contribution is 2.17. The van der Waals surface area contributed by atoms with Gasteiger partial charge in [-0.15, -0.1) is 0 Å². The third-order valence-corrected chi connectivity index (χ3v) is 4.59. The number of ether oxygens (including phenoxy) is 2. The maximum atomic E-state index is 11.9. The molecule has 7 nitrogen and oxygen atoms in total. The van der Waals surface area contributed by atoms with Crippen LogP contribution < -0.4 is 10.9 Å². The number of aromatic nitrogens is 2. The molecule has 2 aliphatic rings. The van der Waals surface area contributed by atoms with Crippen LogP contribution in [-0.4, -0.2) is 66.6 Å². The van der Waals surface area contributed by atoms with E-state index in [1.807, 2.05) is 0 Å². The minimum Gasteiger partial charge on any atom is -0.381 e. The lowest BCUT2D eigenvalue weighted by Crippen LogP contribution is -2.47. The zero-order chi connectivity index (χ0) is 16.1. The van der Waals surface area contributed by atoms with Crippen LogP contribution in [0.25, 0.3) is 0 Å². The van der Waals surface area contributed by atoms with E-state index >= 15 is 0 Å². The van der Waals surface area contributed by atoms with Gasteiger partial charge in [0.25, 0.3) is 5.56 Å². The first-order valence-electron chi connectivity index (χ1n) is 8.39. The van der Waals surface area contributed by atoms with Crippen molar-refractivity contribution in [1.29, 1.82) is 0 Å². The van der Waals surface area contributed by atoms with Gasteiger partial charge in [-0.1, -0.05) is 0 Å². The normalized spacial score (nSPS) is 23.8. The molecular weight excluding hydrogens is 296 g/mol. The fraction of sp³-hybridized carbons (Fsp3) is 0.750. The van der Waals surface area contributed by atoms with Crippen molar-refractivity contribution in [3.63, 3.8) is 0 Å². The average Bonchev–Trinajstić information content (AvgIpc) is 2.57. The van der Waals surface area contributed by atoms with Gasteiger partial charge in [0.1, 0.15) is 0 Å². The fourth-order valence-corrected chi connectivity index (χ4v) is 3.19. The number of aryl methyl sites for hydroxylation is 1. The number of morpholine rings is 1. The molecule has 0 aliphatic carbocycles. The highest BCUT2D eigenvalue weighted by atomic mass is 16.5. The summed E-state index contributed by atoms with van der Waals surface area (Å²) in [5.41, 5.74) is -0.109. The molecule has 2 aliphatic heterocycles. The van der Waals surface area contributed by atoms with Gasteiger partial charge in [0, 0.05) is 58.8 Å². The molecule has 0 saturated carbocycles. The largest absolute Gasteiger partial charge is 0.381 e. The van der Waals surface area contributed by atoms with Crippen molar-refractivity contribution in [2.45, 2.75) is 18.9 Å². The topological polar surface area (TPSA) is 68.6 Å². The van der Waals surface area contributed by atoms with Crippen molar-refractivity contribution >= 4 is 5.82 Å². The summed E-state index contributed by atoms with van der Waals surface area (Å²) in [4.78, 5) is 18.5. The second-order valence-corrected chi connectivity index (χ2v) is 6.38. The first kappa shape index (κ1) is 16.4. The summed E-state index contributed by atoms with van der Waals surface area (Å²) >= 11 is 0. The number of hydrogen-bond donors (Lipinski definition) is 1. The Morgan fingerprint density at radius 3 is 3.00 bits per heavy atom. The molecular formula is C16H26N4O3. The Bertz CT molecular complexity index is 557. The summed E-state index contributed by atoms with van der Waals surface area (Å²) in [5.74, 6) is 1.12. The molecule has 0 amide bonds. The van der Waals surface area contributed by atoms with Gasteiger partial charge in [-0.05, 0) is 18.8 Å². The van der Waals surface area contributed by atoms with E-state index in [-0.39, 0.29) is 11.7 Å². The van der Waals surface area contributed by atoms with Gasteiger partial charge >= 0.3 is 0 Å². The van der Waals surface area contributed by atoms with Crippen molar-refractivity contribution in [3.8, 4) is 0 Å². The molecule has 1 N–H and O–H groups in total. The Morgan fingerprint density at radius 2 is 2.17 bits per heavy atom. The SMILES string of the molecule is Cn1ccnc(NC[C@@H]2CN(CC3CCOCC3)CCO2)c1=O. The number of nitrogens with zero attached hydrogens (tertiary/aromatic N) is 3. The zero-order valence-electron chi connectivity index (χ0n) is 13.7. The Hall–Kier alpha value is -1.44. The first-order valence-corrected chi connectivity index (χ1v) is 8.39.